The number of hydrogen-bond acceptors (Lipinski definition) is 5. The summed E-state index contributed by atoms with van der Waals surface area (Å²) in [5.74, 6) is -0.281. The van der Waals surface area contributed by atoms with Crippen LogP contribution in [0, 0.1) is 17.2 Å². The van der Waals surface area contributed by atoms with Gasteiger partial charge in [0, 0.05) is 5.69 Å². The molecule has 0 bridgehead atoms. The van der Waals surface area contributed by atoms with Crippen molar-refractivity contribution in [2.75, 3.05) is 25.0 Å². The van der Waals surface area contributed by atoms with E-state index in [-0.39, 0.29) is 23.8 Å². The van der Waals surface area contributed by atoms with Gasteiger partial charge in [0.25, 0.3) is 0 Å². The van der Waals surface area contributed by atoms with E-state index in [1.165, 1.54) is 0 Å². The third kappa shape index (κ3) is 4.56. The van der Waals surface area contributed by atoms with Crippen LogP contribution in [0.15, 0.2) is 24.3 Å². The Hall–Kier alpha value is -2.39. The van der Waals surface area contributed by atoms with Crippen molar-refractivity contribution in [3.8, 4) is 6.07 Å². The minimum absolute atomic E-state index is 0.0602. The summed E-state index contributed by atoms with van der Waals surface area (Å²) < 4.78 is 5.06. The molecule has 6 nitrogen and oxygen atoms in total. The van der Waals surface area contributed by atoms with E-state index in [9.17, 15) is 9.59 Å². The summed E-state index contributed by atoms with van der Waals surface area (Å²) in [5, 5.41) is 11.6. The number of hydrogen-bond donors (Lipinski definition) is 1. The average Bonchev–Trinajstić information content (AvgIpc) is 2.62. The van der Waals surface area contributed by atoms with Crippen molar-refractivity contribution in [3.63, 3.8) is 0 Å². The fourth-order valence-electron chi connectivity index (χ4n) is 2.82. The Bertz CT molecular complexity index is 613. The second-order valence-electron chi connectivity index (χ2n) is 5.92. The highest BCUT2D eigenvalue weighted by atomic mass is 16.5. The van der Waals surface area contributed by atoms with Gasteiger partial charge in [0.1, 0.15) is 0 Å². The number of ether oxygens (including phenoxy) is 1. The van der Waals surface area contributed by atoms with E-state index in [4.69, 9.17) is 10.00 Å². The zero-order chi connectivity index (χ0) is 17.5. The molecule has 0 saturated carbocycles. The van der Waals surface area contributed by atoms with Crippen molar-refractivity contribution in [1.82, 2.24) is 4.90 Å². The summed E-state index contributed by atoms with van der Waals surface area (Å²) in [4.78, 5) is 26.2. The topological polar surface area (TPSA) is 82.4 Å². The molecule has 2 rings (SSSR count). The largest absolute Gasteiger partial charge is 0.466 e. The van der Waals surface area contributed by atoms with Gasteiger partial charge in [-0.2, -0.15) is 5.26 Å². The minimum atomic E-state index is -0.274. The van der Waals surface area contributed by atoms with Crippen molar-refractivity contribution < 1.29 is 14.3 Å². The summed E-state index contributed by atoms with van der Waals surface area (Å²) in [5.41, 5.74) is 1.23. The van der Waals surface area contributed by atoms with Gasteiger partial charge in [-0.25, -0.2) is 0 Å². The first-order valence-corrected chi connectivity index (χ1v) is 8.26. The molecule has 1 N–H and O–H groups in total. The molecule has 0 spiro atoms. The molecule has 1 heterocycles. The van der Waals surface area contributed by atoms with Gasteiger partial charge in [0.2, 0.25) is 5.91 Å². The zero-order valence-corrected chi connectivity index (χ0v) is 14.1. The molecule has 0 radical (unpaired) electrons. The van der Waals surface area contributed by atoms with E-state index >= 15 is 0 Å². The minimum Gasteiger partial charge on any atom is -0.466 e. The van der Waals surface area contributed by atoms with Crippen LogP contribution in [0.1, 0.15) is 32.3 Å². The van der Waals surface area contributed by atoms with Crippen LogP contribution in [0.4, 0.5) is 5.69 Å². The van der Waals surface area contributed by atoms with E-state index in [0.29, 0.717) is 43.8 Å². The van der Waals surface area contributed by atoms with E-state index in [2.05, 4.69) is 10.2 Å². The second-order valence-corrected chi connectivity index (χ2v) is 5.92. The van der Waals surface area contributed by atoms with E-state index in [1.54, 1.807) is 24.3 Å². The number of nitriles is 1. The van der Waals surface area contributed by atoms with Crippen LogP contribution in [-0.2, 0) is 14.3 Å². The van der Waals surface area contributed by atoms with Crippen molar-refractivity contribution in [2.24, 2.45) is 5.92 Å². The maximum atomic E-state index is 12.4. The van der Waals surface area contributed by atoms with Crippen molar-refractivity contribution in [3.05, 3.63) is 29.8 Å². The number of piperidine rings is 1. The van der Waals surface area contributed by atoms with E-state index in [1.807, 2.05) is 19.9 Å². The van der Waals surface area contributed by atoms with Crippen LogP contribution in [-0.4, -0.2) is 42.5 Å². The van der Waals surface area contributed by atoms with Crippen LogP contribution in [0.3, 0.4) is 0 Å². The fraction of sp³-hybridized carbons (Fsp3) is 0.500. The Labute approximate surface area is 142 Å². The van der Waals surface area contributed by atoms with Gasteiger partial charge < -0.3 is 10.1 Å². The first-order valence-electron chi connectivity index (χ1n) is 8.26. The van der Waals surface area contributed by atoms with Gasteiger partial charge in [-0.05, 0) is 64.0 Å². The highest BCUT2D eigenvalue weighted by Gasteiger charge is 2.30. The molecule has 0 aromatic heterocycles. The Kier molecular flexibility index (Phi) is 6.33. The van der Waals surface area contributed by atoms with Crippen LogP contribution in [0.5, 0.6) is 0 Å². The molecular weight excluding hydrogens is 306 g/mol. The van der Waals surface area contributed by atoms with Gasteiger partial charge in [0.05, 0.1) is 30.2 Å². The zero-order valence-electron chi connectivity index (χ0n) is 14.1. The number of nitrogens with one attached hydrogen (secondary N) is 1. The van der Waals surface area contributed by atoms with Crippen LogP contribution in [0.2, 0.25) is 0 Å². The summed E-state index contributed by atoms with van der Waals surface area (Å²) in [6.45, 7) is 5.48. The number of esters is 1. The molecule has 1 amide bonds. The molecule has 1 saturated heterocycles. The lowest BCUT2D eigenvalue weighted by molar-refractivity contribution is -0.149. The number of benzene rings is 1. The molecule has 1 fully saturated rings. The number of carbonyl (C=O) groups is 2. The smallest absolute Gasteiger partial charge is 0.309 e. The summed E-state index contributed by atoms with van der Waals surface area (Å²) >= 11 is 0. The van der Waals surface area contributed by atoms with Gasteiger partial charge in [-0.15, -0.1) is 0 Å². The molecule has 0 unspecified atom stereocenters. The lowest BCUT2D eigenvalue weighted by atomic mass is 9.96. The van der Waals surface area contributed by atoms with Crippen LogP contribution < -0.4 is 5.32 Å². The van der Waals surface area contributed by atoms with E-state index < -0.39 is 0 Å². The highest BCUT2D eigenvalue weighted by Crippen LogP contribution is 2.21. The Morgan fingerprint density at radius 2 is 1.96 bits per heavy atom. The lowest BCUT2D eigenvalue weighted by Gasteiger charge is -2.34. The number of amides is 1. The van der Waals surface area contributed by atoms with Crippen molar-refractivity contribution in [2.45, 2.75) is 32.7 Å². The highest BCUT2D eigenvalue weighted by molar-refractivity contribution is 5.94. The average molecular weight is 329 g/mol. The number of rotatable bonds is 5. The maximum absolute atomic E-state index is 12.4. The molecule has 128 valence electrons. The second kappa shape index (κ2) is 8.46. The predicted octanol–water partition coefficient (Wildman–Crippen LogP) is 2.16. The SMILES string of the molecule is CCOC(=O)C1CCN([C@H](C)C(=O)Nc2ccc(C#N)cc2)CC1. The van der Waals surface area contributed by atoms with Crippen molar-refractivity contribution >= 4 is 17.6 Å². The summed E-state index contributed by atoms with van der Waals surface area (Å²) in [7, 11) is 0. The number of likely N-dealkylation sites (tertiary alicyclic amines) is 1. The third-order valence-corrected chi connectivity index (χ3v) is 4.36. The van der Waals surface area contributed by atoms with Gasteiger partial charge >= 0.3 is 5.97 Å². The maximum Gasteiger partial charge on any atom is 0.309 e. The molecule has 0 aliphatic carbocycles. The molecule has 1 aromatic rings. The lowest BCUT2D eigenvalue weighted by Crippen LogP contribution is -2.47. The molecular formula is C18H23N3O3. The van der Waals surface area contributed by atoms with Crippen LogP contribution >= 0.6 is 0 Å². The Balaban J connectivity index is 1.85. The third-order valence-electron chi connectivity index (χ3n) is 4.36. The standard InChI is InChI=1S/C18H23N3O3/c1-3-24-18(23)15-8-10-21(11-9-15)13(2)17(22)20-16-6-4-14(12-19)5-7-16/h4-7,13,15H,3,8-11H2,1-2H3,(H,20,22)/t13-/m1/s1. The molecule has 6 heteroatoms. The molecule has 1 atom stereocenters. The predicted molar refractivity (Wildman–Crippen MR) is 90.2 cm³/mol. The first kappa shape index (κ1) is 18.0. The fourth-order valence-corrected chi connectivity index (χ4v) is 2.82. The molecule has 1 aliphatic rings. The van der Waals surface area contributed by atoms with E-state index in [0.717, 1.165) is 0 Å². The monoisotopic (exact) mass is 329 g/mol. The number of carbonyl (C=O) groups excluding carboxylic acids is 2. The molecule has 1 aromatic carbocycles. The Morgan fingerprint density at radius 3 is 2.50 bits per heavy atom. The van der Waals surface area contributed by atoms with Gasteiger partial charge in [-0.1, -0.05) is 0 Å². The number of nitrogens with zero attached hydrogens (tertiary/aromatic N) is 2. The normalized spacial score (nSPS) is 16.9. The summed E-state index contributed by atoms with van der Waals surface area (Å²) in [6.07, 6.45) is 1.43. The van der Waals surface area contributed by atoms with Gasteiger partial charge in [-0.3, -0.25) is 14.5 Å². The number of anilines is 1. The van der Waals surface area contributed by atoms with Gasteiger partial charge in [0.15, 0.2) is 0 Å². The summed E-state index contributed by atoms with van der Waals surface area (Å²) in [6, 6.07) is 8.55. The molecule has 1 aliphatic heterocycles. The van der Waals surface area contributed by atoms with Crippen LogP contribution in [0.25, 0.3) is 0 Å². The first-order chi connectivity index (χ1) is 11.5. The Morgan fingerprint density at radius 1 is 1.33 bits per heavy atom. The van der Waals surface area contributed by atoms with Crippen molar-refractivity contribution in [1.29, 1.82) is 5.26 Å². The quantitative estimate of drug-likeness (QED) is 0.837. The molecule has 24 heavy (non-hydrogen) atoms.